The summed E-state index contributed by atoms with van der Waals surface area (Å²) in [6.45, 7) is -4.11. The number of aromatic nitrogens is 14. The van der Waals surface area contributed by atoms with E-state index < -0.39 is 159 Å². The second-order valence-corrected chi connectivity index (χ2v) is 31.2. The van der Waals surface area contributed by atoms with Gasteiger partial charge < -0.3 is 104 Å². The van der Waals surface area contributed by atoms with Crippen LogP contribution in [0.1, 0.15) is 43.8 Å². The number of anilines is 4. The number of hydrogen-bond acceptors (Lipinski definition) is 38. The predicted molar refractivity (Wildman–Crippen MR) is 361 cm³/mol. The minimum atomic E-state index is -5.69. The number of phosphoric acid groups is 2. The van der Waals surface area contributed by atoms with Gasteiger partial charge in [0.25, 0.3) is 5.56 Å². The second-order valence-electron chi connectivity index (χ2n) is 23.8. The minimum Gasteiger partial charge on any atom is -0.383 e. The number of H-pyrrole nitrogens is 1. The molecule has 7 aromatic heterocycles. The van der Waals surface area contributed by atoms with Crippen LogP contribution in [0.4, 0.5) is 23.4 Å². The van der Waals surface area contributed by atoms with Crippen LogP contribution in [-0.4, -0.2) is 269 Å². The molecular weight excluding hydrogens is 1500 g/mol. The van der Waals surface area contributed by atoms with Crippen LogP contribution in [0.3, 0.4) is 0 Å². The molecule has 46 nitrogen and oxygen atoms in total. The van der Waals surface area contributed by atoms with Gasteiger partial charge in [-0.3, -0.25) is 59.8 Å². The number of aryl methyl sites for hydroxylation is 1. The fraction of sp³-hybridized carbons (Fsp3) is 0.648. The summed E-state index contributed by atoms with van der Waals surface area (Å²) in [5.74, 6) is -0.431. The molecule has 0 amide bonds. The lowest BCUT2D eigenvalue weighted by atomic mass is 10.1. The molecule has 0 spiro atoms. The van der Waals surface area contributed by atoms with E-state index in [0.29, 0.717) is 0 Å². The lowest BCUT2D eigenvalue weighted by Gasteiger charge is -2.29. The lowest BCUT2D eigenvalue weighted by Crippen LogP contribution is -2.41. The third-order valence-corrected chi connectivity index (χ3v) is 20.9. The van der Waals surface area contributed by atoms with Gasteiger partial charge >= 0.3 is 35.6 Å². The highest BCUT2D eigenvalue weighted by Crippen LogP contribution is 2.56. The Labute approximate surface area is 599 Å². The van der Waals surface area contributed by atoms with Gasteiger partial charge in [-0.25, -0.2) is 48.8 Å². The van der Waals surface area contributed by atoms with Gasteiger partial charge in [-0.15, -0.1) is 0 Å². The smallest absolute Gasteiger partial charge is 0.383 e. The van der Waals surface area contributed by atoms with Crippen LogP contribution in [0.5, 0.6) is 0 Å². The third-order valence-electron chi connectivity index (χ3n) is 16.7. The maximum absolute atomic E-state index is 15.0. The number of nitrogens with two attached hydrogens (primary N) is 4. The van der Waals surface area contributed by atoms with E-state index in [4.69, 9.17) is 123 Å². The van der Waals surface area contributed by atoms with Crippen molar-refractivity contribution in [1.82, 2.24) is 68.1 Å². The van der Waals surface area contributed by atoms with E-state index >= 15 is 4.57 Å². The zero-order valence-electron chi connectivity index (χ0n) is 57.1. The Bertz CT molecular complexity index is 4460. The zero-order valence-corrected chi connectivity index (χ0v) is 61.5. The van der Waals surface area contributed by atoms with Gasteiger partial charge in [0.1, 0.15) is 96.6 Å². The normalized spacial score (nSPS) is 28.8. The number of rotatable bonds is 38. The van der Waals surface area contributed by atoms with Crippen molar-refractivity contribution < 1.29 is 122 Å². The first kappa shape index (κ1) is 80.0. The van der Waals surface area contributed by atoms with Crippen molar-refractivity contribution in [3.63, 3.8) is 0 Å². The summed E-state index contributed by atoms with van der Waals surface area (Å²) in [4.78, 5) is 114. The molecule has 4 aliphatic rings. The summed E-state index contributed by atoms with van der Waals surface area (Å²) in [6.07, 6.45) is -16.0. The van der Waals surface area contributed by atoms with E-state index in [0.717, 1.165) is 23.9 Å². The summed E-state index contributed by atoms with van der Waals surface area (Å²) in [5.41, 5.74) is 23.2. The SMILES string of the molecule is CC[C@H]1O[C@@H](n2cnc3c(N)ncnc32)[C@@H](OCCOC)C1OP(O)(=S)OC[C@H]1O[C@@H](n2cc(C)c(N)nc2=O)[C@@H](OCCOC)C1OP(=O)(O)OC[C@H]1O[C@@H](n2cnc3c(N)ncnc32)[C@@H](OCCOC)C1OP(=O)(O)OC[C@H]1O[C@@H](n2cnc3c(=O)[nH]c(N)nc32)[C@@H](OCCOC)C1OP(C)(=O)O. The molecule has 7 aromatic rings. The average molecular weight is 1590 g/mol. The molecule has 0 bridgehead atoms. The number of aromatic amines is 1. The van der Waals surface area contributed by atoms with Gasteiger partial charge in [0.05, 0.1) is 97.8 Å². The number of phosphoric ester groups is 2. The summed E-state index contributed by atoms with van der Waals surface area (Å²) < 4.78 is 161. The molecule has 13 N–H and O–H groups in total. The lowest BCUT2D eigenvalue weighted by molar-refractivity contribution is -0.0837. The van der Waals surface area contributed by atoms with Gasteiger partial charge in [-0.2, -0.15) is 9.97 Å². The van der Waals surface area contributed by atoms with E-state index in [1.807, 2.05) is 0 Å². The minimum absolute atomic E-state index is 0.000470. The Morgan fingerprint density at radius 2 is 0.886 bits per heavy atom. The molecule has 4 fully saturated rings. The highest BCUT2D eigenvalue weighted by molar-refractivity contribution is 8.07. The van der Waals surface area contributed by atoms with Crippen LogP contribution in [0.2, 0.25) is 0 Å². The van der Waals surface area contributed by atoms with Gasteiger partial charge in [0, 0.05) is 46.9 Å². The van der Waals surface area contributed by atoms with Crippen LogP contribution in [0, 0.1) is 6.92 Å². The number of imidazole rings is 3. The molecule has 0 aliphatic carbocycles. The van der Waals surface area contributed by atoms with Gasteiger partial charge in [-0.05, 0) is 25.2 Å². The second kappa shape index (κ2) is 34.3. The van der Waals surface area contributed by atoms with Gasteiger partial charge in [0.2, 0.25) is 5.95 Å². The Morgan fingerprint density at radius 1 is 0.495 bits per heavy atom. The number of nitrogens with zero attached hydrogens (tertiary/aromatic N) is 13. The summed E-state index contributed by atoms with van der Waals surface area (Å²) in [6, 6.07) is 0. The molecular formula is C54H80N18O28P4S. The molecule has 11 heterocycles. The van der Waals surface area contributed by atoms with Crippen molar-refractivity contribution in [2.75, 3.05) is 131 Å². The number of nitrogen functional groups attached to an aromatic ring is 4. The summed E-state index contributed by atoms with van der Waals surface area (Å²) in [7, 11) is -10.3. The number of ether oxygens (including phenoxy) is 12. The fourth-order valence-electron chi connectivity index (χ4n) is 12.0. The van der Waals surface area contributed by atoms with Crippen molar-refractivity contribution >= 4 is 98.7 Å². The highest BCUT2D eigenvalue weighted by Gasteiger charge is 2.57. The van der Waals surface area contributed by atoms with E-state index in [1.165, 1.54) is 62.8 Å². The number of fused-ring (bicyclic) bond motifs is 3. The van der Waals surface area contributed by atoms with Crippen LogP contribution in [0.15, 0.2) is 47.4 Å². The van der Waals surface area contributed by atoms with Crippen molar-refractivity contribution in [1.29, 1.82) is 0 Å². The Morgan fingerprint density at radius 3 is 1.31 bits per heavy atom. The molecule has 8 unspecified atom stereocenters. The standard InChI is InChI=1S/C54H80N18O28P4S/c1-8-27-34(38(86-13-9-82-3)50(93-27)70-23-63-31-43(56)59-21-61-45(31)70)100-104(81,105)92-20-30-37(40(88-15-11-84-5)49(94-30)69-17-26(2)42(55)66-54(69)74)99-103(79,80)91-19-29-36(41(89-16-12-85-6)51(96-29)71-24-64-32-44(57)60-22-62-46(32)71)98-102(77,78)90-18-28-35(97-101(7,75)76)39(87-14-10-83-4)52(95-28)72-25-65-33-47(72)67-53(58)68-48(33)73/h17,21-25,27-30,34-41,49-52H,8-16,18-20H2,1-7H3,(H,75,76)(H,77,78)(H,79,80)(H,81,105)(H2,55,66,74)(H2,56,59,61)(H2,57,60,62)(H3,58,67,68,73)/t27-,28-,29-,30-,34?,35?,36?,37?,38+,39+,40+,41+,49-,50-,51-,52-,104?/m1/s1. The molecule has 51 heteroatoms. The quantitative estimate of drug-likeness (QED) is 0.0176. The first-order chi connectivity index (χ1) is 50.1. The maximum Gasteiger partial charge on any atom is 0.472 e. The van der Waals surface area contributed by atoms with Crippen molar-refractivity contribution in [2.24, 2.45) is 0 Å². The first-order valence-electron chi connectivity index (χ1n) is 32.0. The van der Waals surface area contributed by atoms with E-state index in [2.05, 4.69) is 49.8 Å². The van der Waals surface area contributed by atoms with Crippen LogP contribution in [0.25, 0.3) is 33.5 Å². The Balaban J connectivity index is 0.891. The van der Waals surface area contributed by atoms with E-state index in [9.17, 15) is 38.3 Å². The third kappa shape index (κ3) is 18.5. The van der Waals surface area contributed by atoms with Crippen molar-refractivity contribution in [2.45, 2.75) is 118 Å². The molecule has 0 aromatic carbocycles. The van der Waals surface area contributed by atoms with Crippen molar-refractivity contribution in [3.8, 4) is 0 Å². The Kier molecular flexibility index (Phi) is 26.1. The molecule has 4 saturated heterocycles. The first-order valence-corrected chi connectivity index (χ1v) is 39.6. The number of hydrogen-bond donors (Lipinski definition) is 9. The predicted octanol–water partition coefficient (Wildman–Crippen LogP) is -0.357. The monoisotopic (exact) mass is 1580 g/mol. The number of methoxy groups -OCH3 is 4. The maximum atomic E-state index is 15.0. The number of nitrogens with one attached hydrogen (secondary N) is 1. The molecule has 11 rings (SSSR count). The van der Waals surface area contributed by atoms with E-state index in [1.54, 1.807) is 18.4 Å². The largest absolute Gasteiger partial charge is 0.472 e. The van der Waals surface area contributed by atoms with E-state index in [-0.39, 0.29) is 122 Å². The van der Waals surface area contributed by atoms with Crippen LogP contribution >= 0.6 is 30.0 Å². The van der Waals surface area contributed by atoms with Gasteiger partial charge in [0.15, 0.2) is 59.0 Å². The molecule has 0 saturated carbocycles. The average Bonchev–Trinajstić information content (AvgIpc) is 1.63. The topological polar surface area (TPSA) is 597 Å². The summed E-state index contributed by atoms with van der Waals surface area (Å²) >= 11 is 5.68. The molecule has 20 atom stereocenters. The Hall–Kier alpha value is -6.05. The molecule has 4 aliphatic heterocycles. The molecule has 0 radical (unpaired) electrons. The molecule has 580 valence electrons. The summed E-state index contributed by atoms with van der Waals surface area (Å²) in [5, 5.41) is 0. The fourth-order valence-corrected chi connectivity index (χ4v) is 16.1. The van der Waals surface area contributed by atoms with Gasteiger partial charge in [-0.1, -0.05) is 6.92 Å². The zero-order chi connectivity index (χ0) is 75.3. The highest BCUT2D eigenvalue weighted by atomic mass is 32.5. The van der Waals surface area contributed by atoms with Crippen LogP contribution in [-0.2, 0) is 114 Å². The van der Waals surface area contributed by atoms with Crippen LogP contribution < -0.4 is 34.2 Å². The van der Waals surface area contributed by atoms with Crippen molar-refractivity contribution in [3.05, 3.63) is 64.2 Å². The molecule has 105 heavy (non-hydrogen) atoms.